The van der Waals surface area contributed by atoms with E-state index in [2.05, 4.69) is 11.9 Å². The lowest BCUT2D eigenvalue weighted by molar-refractivity contribution is 0.205. The third kappa shape index (κ3) is 4.58. The van der Waals surface area contributed by atoms with Gasteiger partial charge in [-0.15, -0.1) is 0 Å². The normalized spacial score (nSPS) is 17.4. The molecule has 1 aliphatic rings. The molecule has 1 fully saturated rings. The van der Waals surface area contributed by atoms with Crippen molar-refractivity contribution in [1.29, 1.82) is 0 Å². The fourth-order valence-corrected chi connectivity index (χ4v) is 1.87. The zero-order valence-corrected chi connectivity index (χ0v) is 9.28. The van der Waals surface area contributed by atoms with Crippen LogP contribution in [0, 0.1) is 5.92 Å². The van der Waals surface area contributed by atoms with Crippen LogP contribution in [0.5, 0.6) is 0 Å². The van der Waals surface area contributed by atoms with Crippen molar-refractivity contribution in [2.75, 3.05) is 20.1 Å². The molecule has 2 nitrogen and oxygen atoms in total. The Morgan fingerprint density at radius 2 is 2.23 bits per heavy atom. The molecular weight excluding hydrogens is 180 g/mol. The van der Waals surface area contributed by atoms with Gasteiger partial charge in [0.25, 0.3) is 0 Å². The lowest BCUT2D eigenvalue weighted by Gasteiger charge is -2.30. The van der Waals surface area contributed by atoms with E-state index in [-0.39, 0.29) is 0 Å². The van der Waals surface area contributed by atoms with Crippen molar-refractivity contribution in [2.24, 2.45) is 11.7 Å². The van der Waals surface area contributed by atoms with Gasteiger partial charge in [0, 0.05) is 6.54 Å². The van der Waals surface area contributed by atoms with Crippen molar-refractivity contribution >= 4 is 17.2 Å². The molecule has 1 rings (SSSR count). The summed E-state index contributed by atoms with van der Waals surface area (Å²) in [5, 5.41) is 0. The Balaban J connectivity index is 1.96. The Hall–Kier alpha value is -0.150. The van der Waals surface area contributed by atoms with Crippen molar-refractivity contribution in [3.8, 4) is 0 Å². The summed E-state index contributed by atoms with van der Waals surface area (Å²) in [5.74, 6) is 0.967. The number of nitrogens with two attached hydrogens (primary N) is 1. The van der Waals surface area contributed by atoms with Gasteiger partial charge in [0.05, 0.1) is 4.99 Å². The Bertz CT molecular complexity index is 166. The van der Waals surface area contributed by atoms with Gasteiger partial charge in [-0.05, 0) is 45.2 Å². The van der Waals surface area contributed by atoms with E-state index in [1.54, 1.807) is 0 Å². The Kier molecular flexibility index (Phi) is 4.67. The molecule has 0 aliphatic heterocycles. The van der Waals surface area contributed by atoms with Crippen molar-refractivity contribution in [3.63, 3.8) is 0 Å². The van der Waals surface area contributed by atoms with Crippen molar-refractivity contribution in [3.05, 3.63) is 0 Å². The van der Waals surface area contributed by atoms with E-state index in [4.69, 9.17) is 18.0 Å². The third-order valence-electron chi connectivity index (χ3n) is 2.76. The van der Waals surface area contributed by atoms with E-state index in [0.717, 1.165) is 25.3 Å². The number of hydrogen-bond acceptors (Lipinski definition) is 2. The van der Waals surface area contributed by atoms with Crippen molar-refractivity contribution in [2.45, 2.75) is 32.1 Å². The minimum atomic E-state index is 0.650. The monoisotopic (exact) mass is 200 g/mol. The Labute approximate surface area is 86.5 Å². The summed E-state index contributed by atoms with van der Waals surface area (Å²) in [6.45, 7) is 2.39. The first-order valence-corrected chi connectivity index (χ1v) is 5.56. The highest BCUT2D eigenvalue weighted by molar-refractivity contribution is 7.80. The lowest BCUT2D eigenvalue weighted by atomic mass is 9.85. The molecule has 0 unspecified atom stereocenters. The van der Waals surface area contributed by atoms with Gasteiger partial charge in [-0.25, -0.2) is 0 Å². The Morgan fingerprint density at radius 3 is 2.69 bits per heavy atom. The average molecular weight is 200 g/mol. The van der Waals surface area contributed by atoms with Gasteiger partial charge in [0.15, 0.2) is 0 Å². The summed E-state index contributed by atoms with van der Waals surface area (Å²) in [6.07, 6.45) is 6.30. The van der Waals surface area contributed by atoms with E-state index in [1.165, 1.54) is 25.8 Å². The van der Waals surface area contributed by atoms with Crippen molar-refractivity contribution < 1.29 is 0 Å². The summed E-state index contributed by atoms with van der Waals surface area (Å²) < 4.78 is 0. The maximum atomic E-state index is 5.43. The maximum Gasteiger partial charge on any atom is 0.0727 e. The van der Waals surface area contributed by atoms with Crippen LogP contribution in [0.15, 0.2) is 0 Å². The van der Waals surface area contributed by atoms with Crippen LogP contribution in [-0.4, -0.2) is 30.0 Å². The van der Waals surface area contributed by atoms with E-state index in [0.29, 0.717) is 4.99 Å². The topological polar surface area (TPSA) is 29.3 Å². The number of nitrogens with zero attached hydrogens (tertiary/aromatic N) is 1. The van der Waals surface area contributed by atoms with Crippen molar-refractivity contribution in [1.82, 2.24) is 4.90 Å². The molecule has 0 radical (unpaired) electrons. The van der Waals surface area contributed by atoms with E-state index in [9.17, 15) is 0 Å². The lowest BCUT2D eigenvalue weighted by Crippen LogP contribution is -2.30. The summed E-state index contributed by atoms with van der Waals surface area (Å²) in [6, 6.07) is 0. The van der Waals surface area contributed by atoms with Crippen LogP contribution in [0.3, 0.4) is 0 Å². The number of hydrogen-bond donors (Lipinski definition) is 1. The zero-order chi connectivity index (χ0) is 9.68. The summed E-state index contributed by atoms with van der Waals surface area (Å²) in [5.41, 5.74) is 5.43. The van der Waals surface area contributed by atoms with Crippen LogP contribution >= 0.6 is 12.2 Å². The fourth-order valence-electron chi connectivity index (χ4n) is 1.73. The average Bonchev–Trinajstić information content (AvgIpc) is 1.96. The molecule has 0 heterocycles. The van der Waals surface area contributed by atoms with Gasteiger partial charge in [-0.2, -0.15) is 0 Å². The van der Waals surface area contributed by atoms with Gasteiger partial charge >= 0.3 is 0 Å². The molecule has 13 heavy (non-hydrogen) atoms. The molecule has 3 heteroatoms. The van der Waals surface area contributed by atoms with E-state index < -0.39 is 0 Å². The predicted octanol–water partition coefficient (Wildman–Crippen LogP) is 1.78. The zero-order valence-electron chi connectivity index (χ0n) is 8.46. The van der Waals surface area contributed by atoms with Crippen LogP contribution in [-0.2, 0) is 0 Å². The third-order valence-corrected chi connectivity index (χ3v) is 2.96. The molecule has 0 saturated heterocycles. The van der Waals surface area contributed by atoms with Crippen LogP contribution in [0.4, 0.5) is 0 Å². The molecular formula is C10H20N2S. The smallest absolute Gasteiger partial charge is 0.0727 e. The predicted molar refractivity (Wildman–Crippen MR) is 60.9 cm³/mol. The van der Waals surface area contributed by atoms with E-state index in [1.807, 2.05) is 0 Å². The molecule has 0 aromatic carbocycles. The second kappa shape index (κ2) is 5.55. The first-order chi connectivity index (χ1) is 6.18. The summed E-state index contributed by atoms with van der Waals surface area (Å²) >= 11 is 4.83. The molecule has 1 saturated carbocycles. The fraction of sp³-hybridized carbons (Fsp3) is 0.900. The summed E-state index contributed by atoms with van der Waals surface area (Å²) in [7, 11) is 2.19. The van der Waals surface area contributed by atoms with Crippen LogP contribution in [0.2, 0.25) is 0 Å². The Morgan fingerprint density at radius 1 is 1.54 bits per heavy atom. The summed E-state index contributed by atoms with van der Waals surface area (Å²) in [4.78, 5) is 3.05. The second-order valence-corrected chi connectivity index (χ2v) is 4.65. The molecule has 0 amide bonds. The minimum absolute atomic E-state index is 0.650. The van der Waals surface area contributed by atoms with Crippen LogP contribution in [0.1, 0.15) is 32.1 Å². The first kappa shape index (κ1) is 10.9. The molecule has 76 valence electrons. The number of thiocarbonyl (C=S) groups is 1. The highest BCUT2D eigenvalue weighted by Crippen LogP contribution is 2.26. The molecule has 0 spiro atoms. The second-order valence-electron chi connectivity index (χ2n) is 4.13. The molecule has 0 aromatic rings. The van der Waals surface area contributed by atoms with Gasteiger partial charge < -0.3 is 10.6 Å². The SMILES string of the molecule is CN(CCCC(N)=S)CC1CCC1. The van der Waals surface area contributed by atoms with Gasteiger partial charge in [-0.3, -0.25) is 0 Å². The molecule has 0 atom stereocenters. The molecule has 1 aliphatic carbocycles. The van der Waals surface area contributed by atoms with Gasteiger partial charge in [0.2, 0.25) is 0 Å². The molecule has 0 bridgehead atoms. The largest absolute Gasteiger partial charge is 0.393 e. The molecule has 2 N–H and O–H groups in total. The first-order valence-electron chi connectivity index (χ1n) is 5.15. The quantitative estimate of drug-likeness (QED) is 0.663. The number of rotatable bonds is 6. The van der Waals surface area contributed by atoms with Gasteiger partial charge in [-0.1, -0.05) is 18.6 Å². The maximum absolute atomic E-state index is 5.43. The molecule has 0 aromatic heterocycles. The van der Waals surface area contributed by atoms with E-state index >= 15 is 0 Å². The van der Waals surface area contributed by atoms with Gasteiger partial charge in [0.1, 0.15) is 0 Å². The highest BCUT2D eigenvalue weighted by atomic mass is 32.1. The minimum Gasteiger partial charge on any atom is -0.393 e. The highest BCUT2D eigenvalue weighted by Gasteiger charge is 2.18. The standard InChI is InChI=1S/C10H20N2S/c1-12(7-3-6-10(11)13)8-9-4-2-5-9/h9H,2-8H2,1H3,(H2,11,13). The van der Waals surface area contributed by atoms with Crippen LogP contribution in [0.25, 0.3) is 0 Å². The van der Waals surface area contributed by atoms with Crippen LogP contribution < -0.4 is 5.73 Å².